The number of nitrogens with zero attached hydrogens (tertiary/aromatic N) is 2. The lowest BCUT2D eigenvalue weighted by molar-refractivity contribution is -0.139. The van der Waals surface area contributed by atoms with E-state index in [-0.39, 0.29) is 13.1 Å². The van der Waals surface area contributed by atoms with E-state index in [0.29, 0.717) is 52.2 Å². The Kier molecular flexibility index (Phi) is 8.50. The van der Waals surface area contributed by atoms with Gasteiger partial charge in [-0.15, -0.1) is 0 Å². The predicted molar refractivity (Wildman–Crippen MR) is 99.4 cm³/mol. The highest BCUT2D eigenvalue weighted by atomic mass is 16.5. The maximum atomic E-state index is 11.1. The molecule has 8 heteroatoms. The van der Waals surface area contributed by atoms with Crippen LogP contribution in [0, 0.1) is 0 Å². The Labute approximate surface area is 159 Å². The number of carboxylic acid groups (broad SMARTS) is 2. The largest absolute Gasteiger partial charge is 0.496 e. The first-order valence-electron chi connectivity index (χ1n) is 9.10. The van der Waals surface area contributed by atoms with Crippen molar-refractivity contribution in [1.82, 2.24) is 9.80 Å². The quantitative estimate of drug-likeness (QED) is 0.766. The fourth-order valence-corrected chi connectivity index (χ4v) is 3.26. The van der Waals surface area contributed by atoms with Gasteiger partial charge in [-0.2, -0.15) is 0 Å². The van der Waals surface area contributed by atoms with Crippen molar-refractivity contribution in [2.75, 3.05) is 59.6 Å². The van der Waals surface area contributed by atoms with Crippen molar-refractivity contribution in [2.45, 2.75) is 12.8 Å². The number of rotatable bonds is 5. The van der Waals surface area contributed by atoms with Gasteiger partial charge in [0, 0.05) is 26.2 Å². The summed E-state index contributed by atoms with van der Waals surface area (Å²) >= 11 is 0. The molecular weight excluding hydrogens is 352 g/mol. The lowest BCUT2D eigenvalue weighted by Gasteiger charge is -2.24. The van der Waals surface area contributed by atoms with Crippen LogP contribution in [-0.2, 0) is 27.2 Å². The first kappa shape index (κ1) is 21.1. The molecule has 150 valence electrons. The zero-order valence-electron chi connectivity index (χ0n) is 15.7. The second-order valence-corrected chi connectivity index (χ2v) is 6.56. The van der Waals surface area contributed by atoms with Crippen LogP contribution in [0.4, 0.5) is 0 Å². The summed E-state index contributed by atoms with van der Waals surface area (Å²) in [7, 11) is 1.63. The van der Waals surface area contributed by atoms with E-state index in [4.69, 9.17) is 19.7 Å². The van der Waals surface area contributed by atoms with Crippen LogP contribution in [0.25, 0.3) is 0 Å². The molecule has 8 nitrogen and oxygen atoms in total. The molecule has 0 aliphatic carbocycles. The van der Waals surface area contributed by atoms with Crippen LogP contribution >= 0.6 is 0 Å². The average Bonchev–Trinajstić information content (AvgIpc) is 2.61. The molecule has 1 aliphatic heterocycles. The van der Waals surface area contributed by atoms with Crippen molar-refractivity contribution in [3.63, 3.8) is 0 Å². The standard InChI is InChI=1S/C19H28N2O6/c1-26-19-15-3-2-4-16(19)6-8-21(14-18(24)25)10-12-27-11-9-20(7-5-15)13-17(22)23/h2-4H,5-14H2,1H3,(H,22,23)(H,24,25). The summed E-state index contributed by atoms with van der Waals surface area (Å²) in [4.78, 5) is 25.9. The van der Waals surface area contributed by atoms with Crippen LogP contribution in [0.1, 0.15) is 11.1 Å². The minimum atomic E-state index is -0.871. The number of fused-ring (bicyclic) bond motifs is 2. The summed E-state index contributed by atoms with van der Waals surface area (Å²) in [5.41, 5.74) is 2.04. The Morgan fingerprint density at radius 3 is 1.85 bits per heavy atom. The van der Waals surface area contributed by atoms with Gasteiger partial charge in [-0.3, -0.25) is 19.4 Å². The number of para-hydroxylation sites is 1. The van der Waals surface area contributed by atoms with Gasteiger partial charge in [-0.1, -0.05) is 18.2 Å². The highest BCUT2D eigenvalue weighted by molar-refractivity contribution is 5.69. The van der Waals surface area contributed by atoms with Gasteiger partial charge in [0.2, 0.25) is 0 Å². The van der Waals surface area contributed by atoms with Gasteiger partial charge >= 0.3 is 11.9 Å². The lowest BCUT2D eigenvalue weighted by atomic mass is 10.0. The molecule has 0 saturated carbocycles. The molecule has 0 spiro atoms. The monoisotopic (exact) mass is 380 g/mol. The third-order valence-corrected chi connectivity index (χ3v) is 4.60. The predicted octanol–water partition coefficient (Wildman–Crippen LogP) is 0.584. The molecule has 0 fully saturated rings. The van der Waals surface area contributed by atoms with E-state index in [1.807, 2.05) is 28.0 Å². The number of carboxylic acids is 2. The summed E-state index contributed by atoms with van der Waals surface area (Å²) in [6, 6.07) is 5.93. The summed E-state index contributed by atoms with van der Waals surface area (Å²) in [5, 5.41) is 18.3. The average molecular weight is 380 g/mol. The molecule has 2 bridgehead atoms. The van der Waals surface area contributed by atoms with E-state index in [1.54, 1.807) is 7.11 Å². The van der Waals surface area contributed by atoms with Crippen LogP contribution in [0.5, 0.6) is 5.75 Å². The van der Waals surface area contributed by atoms with E-state index in [1.165, 1.54) is 0 Å². The van der Waals surface area contributed by atoms with Crippen LogP contribution in [0.15, 0.2) is 18.2 Å². The van der Waals surface area contributed by atoms with Crippen molar-refractivity contribution in [2.24, 2.45) is 0 Å². The van der Waals surface area contributed by atoms with Gasteiger partial charge in [0.25, 0.3) is 0 Å². The summed E-state index contributed by atoms with van der Waals surface area (Å²) in [5.74, 6) is -0.940. The molecule has 1 heterocycles. The van der Waals surface area contributed by atoms with Crippen LogP contribution in [0.2, 0.25) is 0 Å². The maximum Gasteiger partial charge on any atom is 0.317 e. The van der Waals surface area contributed by atoms with Crippen molar-refractivity contribution in [3.8, 4) is 5.75 Å². The minimum Gasteiger partial charge on any atom is -0.496 e. The smallest absolute Gasteiger partial charge is 0.317 e. The van der Waals surface area contributed by atoms with E-state index in [9.17, 15) is 9.59 Å². The van der Waals surface area contributed by atoms with Crippen LogP contribution in [0.3, 0.4) is 0 Å². The SMILES string of the molecule is COc1c2cccc1CCN(CC(=O)O)CCOCCN(CC(=O)O)CC2. The normalized spacial score (nSPS) is 17.8. The molecular formula is C19H28N2O6. The second kappa shape index (κ2) is 10.9. The van der Waals surface area contributed by atoms with Gasteiger partial charge in [-0.25, -0.2) is 0 Å². The summed E-state index contributed by atoms with van der Waals surface area (Å²) < 4.78 is 11.2. The number of carbonyl (C=O) groups is 2. The lowest BCUT2D eigenvalue weighted by Crippen LogP contribution is -2.37. The number of aliphatic carboxylic acids is 2. The zero-order chi connectivity index (χ0) is 19.6. The molecule has 2 rings (SSSR count). The molecule has 0 saturated heterocycles. The molecule has 0 amide bonds. The molecule has 0 aromatic heterocycles. The second-order valence-electron chi connectivity index (χ2n) is 6.56. The van der Waals surface area contributed by atoms with E-state index < -0.39 is 11.9 Å². The van der Waals surface area contributed by atoms with Gasteiger partial charge in [-0.05, 0) is 24.0 Å². The summed E-state index contributed by atoms with van der Waals surface area (Å²) in [6.07, 6.45) is 1.34. The highest BCUT2D eigenvalue weighted by Gasteiger charge is 2.16. The Hall–Kier alpha value is -2.16. The molecule has 2 N–H and O–H groups in total. The zero-order valence-corrected chi connectivity index (χ0v) is 15.7. The topological polar surface area (TPSA) is 99.5 Å². The number of benzene rings is 1. The Balaban J connectivity index is 2.20. The first-order chi connectivity index (χ1) is 13.0. The van der Waals surface area contributed by atoms with Crippen molar-refractivity contribution in [1.29, 1.82) is 0 Å². The molecule has 1 aromatic carbocycles. The number of hydrogen-bond acceptors (Lipinski definition) is 6. The number of ether oxygens (including phenoxy) is 2. The molecule has 1 aliphatic rings. The van der Waals surface area contributed by atoms with E-state index >= 15 is 0 Å². The van der Waals surface area contributed by atoms with E-state index in [2.05, 4.69) is 0 Å². The van der Waals surface area contributed by atoms with Gasteiger partial charge < -0.3 is 19.7 Å². The first-order valence-corrected chi connectivity index (χ1v) is 9.10. The fourth-order valence-electron chi connectivity index (χ4n) is 3.26. The van der Waals surface area contributed by atoms with Gasteiger partial charge in [0.15, 0.2) is 0 Å². The summed E-state index contributed by atoms with van der Waals surface area (Å²) in [6.45, 7) is 2.94. The van der Waals surface area contributed by atoms with Crippen molar-refractivity contribution >= 4 is 11.9 Å². The number of hydrogen-bond donors (Lipinski definition) is 2. The minimum absolute atomic E-state index is 0.0451. The van der Waals surface area contributed by atoms with Crippen LogP contribution < -0.4 is 4.74 Å². The van der Waals surface area contributed by atoms with Gasteiger partial charge in [0.05, 0.1) is 33.4 Å². The Morgan fingerprint density at radius 1 is 0.963 bits per heavy atom. The Bertz CT molecular complexity index is 588. The van der Waals surface area contributed by atoms with Gasteiger partial charge in [0.1, 0.15) is 5.75 Å². The maximum absolute atomic E-state index is 11.1. The van der Waals surface area contributed by atoms with E-state index in [0.717, 1.165) is 16.9 Å². The van der Waals surface area contributed by atoms with Crippen LogP contribution in [-0.4, -0.2) is 91.5 Å². The highest BCUT2D eigenvalue weighted by Crippen LogP contribution is 2.25. The molecule has 0 radical (unpaired) electrons. The van der Waals surface area contributed by atoms with Crippen molar-refractivity contribution < 1.29 is 29.3 Å². The third-order valence-electron chi connectivity index (χ3n) is 4.60. The molecule has 0 atom stereocenters. The molecule has 1 aromatic rings. The molecule has 0 unspecified atom stereocenters. The number of methoxy groups -OCH3 is 1. The van der Waals surface area contributed by atoms with Crippen molar-refractivity contribution in [3.05, 3.63) is 29.3 Å². The third kappa shape index (κ3) is 7.16. The Morgan fingerprint density at radius 2 is 1.44 bits per heavy atom. The fraction of sp³-hybridized carbons (Fsp3) is 0.579. The molecule has 27 heavy (non-hydrogen) atoms.